The van der Waals surface area contributed by atoms with Crippen molar-refractivity contribution in [3.8, 4) is 0 Å². The number of hydrogen-bond acceptors (Lipinski definition) is 4. The number of carbonyl (C=O) groups excluding carboxylic acids is 2. The number of piperidine rings is 1. The van der Waals surface area contributed by atoms with Crippen LogP contribution in [-0.4, -0.2) is 36.4 Å². The van der Waals surface area contributed by atoms with Crippen LogP contribution in [0, 0.1) is 0 Å². The Morgan fingerprint density at radius 2 is 1.92 bits per heavy atom. The van der Waals surface area contributed by atoms with Crippen LogP contribution in [0.25, 0.3) is 0 Å². The van der Waals surface area contributed by atoms with E-state index in [1.165, 1.54) is 19.3 Å². The number of rotatable bonds is 5. The molecule has 2 heterocycles. The Kier molecular flexibility index (Phi) is 6.07. The summed E-state index contributed by atoms with van der Waals surface area (Å²) in [4.78, 5) is 30.6. The van der Waals surface area contributed by atoms with Crippen molar-refractivity contribution in [1.29, 1.82) is 0 Å². The molecule has 1 saturated heterocycles. The van der Waals surface area contributed by atoms with Gasteiger partial charge in [-0.2, -0.15) is 0 Å². The largest absolute Gasteiger partial charge is 0.370 e. The van der Waals surface area contributed by atoms with Gasteiger partial charge < -0.3 is 15.5 Å². The lowest BCUT2D eigenvalue weighted by Crippen LogP contribution is -2.33. The van der Waals surface area contributed by atoms with Crippen molar-refractivity contribution in [2.45, 2.75) is 19.3 Å². The van der Waals surface area contributed by atoms with E-state index in [0.29, 0.717) is 16.4 Å². The summed E-state index contributed by atoms with van der Waals surface area (Å²) in [7, 11) is 0. The predicted octanol–water partition coefficient (Wildman–Crippen LogP) is 3.09. The van der Waals surface area contributed by atoms with Crippen LogP contribution in [0.2, 0.25) is 5.02 Å². The van der Waals surface area contributed by atoms with E-state index >= 15 is 0 Å². The van der Waals surface area contributed by atoms with Crippen molar-refractivity contribution < 1.29 is 9.59 Å². The Balaban J connectivity index is 1.49. The van der Waals surface area contributed by atoms with Crippen molar-refractivity contribution >= 4 is 34.9 Å². The van der Waals surface area contributed by atoms with Crippen LogP contribution in [0.3, 0.4) is 0 Å². The number of halogens is 1. The minimum atomic E-state index is -0.351. The summed E-state index contributed by atoms with van der Waals surface area (Å²) < 4.78 is 0. The van der Waals surface area contributed by atoms with E-state index in [4.69, 9.17) is 11.6 Å². The molecule has 0 unspecified atom stereocenters. The summed E-state index contributed by atoms with van der Waals surface area (Å²) in [5.74, 6) is -0.220. The standard InChI is InChI=1S/C19H21ClN4O2/c20-15-6-4-5-14(11-15)19(26)22-13-18(25)23-17-8-7-16(12-21-17)24-9-2-1-3-10-24/h4-8,11-12H,1-3,9-10,13H2,(H,22,26)(H,21,23,25). The minimum Gasteiger partial charge on any atom is -0.370 e. The van der Waals surface area contributed by atoms with Gasteiger partial charge in [0.05, 0.1) is 18.4 Å². The first-order chi connectivity index (χ1) is 12.6. The molecule has 26 heavy (non-hydrogen) atoms. The average molecular weight is 373 g/mol. The molecule has 0 saturated carbocycles. The summed E-state index contributed by atoms with van der Waals surface area (Å²) in [5, 5.41) is 5.72. The number of anilines is 2. The summed E-state index contributed by atoms with van der Waals surface area (Å²) in [6.45, 7) is 1.95. The molecule has 0 aliphatic carbocycles. The van der Waals surface area contributed by atoms with Crippen LogP contribution in [-0.2, 0) is 4.79 Å². The van der Waals surface area contributed by atoms with Crippen molar-refractivity contribution in [2.24, 2.45) is 0 Å². The van der Waals surface area contributed by atoms with Crippen LogP contribution in [0.15, 0.2) is 42.6 Å². The summed E-state index contributed by atoms with van der Waals surface area (Å²) in [5.41, 5.74) is 1.48. The van der Waals surface area contributed by atoms with Gasteiger partial charge in [-0.25, -0.2) is 4.98 Å². The molecule has 0 atom stereocenters. The van der Waals surface area contributed by atoms with Gasteiger partial charge in [-0.3, -0.25) is 9.59 Å². The highest BCUT2D eigenvalue weighted by molar-refractivity contribution is 6.31. The molecule has 1 aliphatic heterocycles. The number of nitrogens with one attached hydrogen (secondary N) is 2. The Hall–Kier alpha value is -2.60. The molecule has 136 valence electrons. The fourth-order valence-electron chi connectivity index (χ4n) is 2.88. The van der Waals surface area contributed by atoms with Crippen LogP contribution in [0.4, 0.5) is 11.5 Å². The smallest absolute Gasteiger partial charge is 0.251 e. The minimum absolute atomic E-state index is 0.138. The van der Waals surface area contributed by atoms with Gasteiger partial charge in [-0.1, -0.05) is 17.7 Å². The maximum absolute atomic E-state index is 12.0. The molecule has 0 radical (unpaired) electrons. The lowest BCUT2D eigenvalue weighted by Gasteiger charge is -2.28. The molecule has 0 bridgehead atoms. The second-order valence-corrected chi connectivity index (χ2v) is 6.63. The van der Waals surface area contributed by atoms with Crippen LogP contribution >= 0.6 is 11.6 Å². The van der Waals surface area contributed by atoms with Gasteiger partial charge in [0.1, 0.15) is 5.82 Å². The molecule has 0 spiro atoms. The van der Waals surface area contributed by atoms with Crippen molar-refractivity contribution in [1.82, 2.24) is 10.3 Å². The third-order valence-corrected chi connectivity index (χ3v) is 4.47. The van der Waals surface area contributed by atoms with E-state index in [-0.39, 0.29) is 18.4 Å². The molecule has 2 aromatic rings. The van der Waals surface area contributed by atoms with Gasteiger partial charge in [0, 0.05) is 23.7 Å². The highest BCUT2D eigenvalue weighted by atomic mass is 35.5. The topological polar surface area (TPSA) is 74.3 Å². The van der Waals surface area contributed by atoms with Gasteiger partial charge in [-0.05, 0) is 49.6 Å². The molecule has 1 fully saturated rings. The maximum atomic E-state index is 12.0. The summed E-state index contributed by atoms with van der Waals surface area (Å²) >= 11 is 5.86. The number of carbonyl (C=O) groups is 2. The molecular weight excluding hydrogens is 352 g/mol. The maximum Gasteiger partial charge on any atom is 0.251 e. The van der Waals surface area contributed by atoms with E-state index in [1.54, 1.807) is 36.5 Å². The molecule has 3 rings (SSSR count). The van der Waals surface area contributed by atoms with Gasteiger partial charge in [0.15, 0.2) is 0 Å². The average Bonchev–Trinajstić information content (AvgIpc) is 2.67. The number of benzene rings is 1. The molecule has 1 aromatic heterocycles. The number of nitrogens with zero attached hydrogens (tertiary/aromatic N) is 2. The van der Waals surface area contributed by atoms with E-state index in [2.05, 4.69) is 20.5 Å². The molecule has 6 nitrogen and oxygen atoms in total. The molecule has 2 amide bonds. The SMILES string of the molecule is O=C(CNC(=O)c1cccc(Cl)c1)Nc1ccc(N2CCCCC2)cn1. The molecule has 1 aromatic carbocycles. The monoisotopic (exact) mass is 372 g/mol. The van der Waals surface area contributed by atoms with Crippen LogP contribution in [0.5, 0.6) is 0 Å². The normalized spacial score (nSPS) is 14.0. The highest BCUT2D eigenvalue weighted by Gasteiger charge is 2.12. The zero-order valence-electron chi connectivity index (χ0n) is 14.4. The Bertz CT molecular complexity index is 773. The fraction of sp³-hybridized carbons (Fsp3) is 0.316. The van der Waals surface area contributed by atoms with Gasteiger partial charge in [0.25, 0.3) is 5.91 Å². The van der Waals surface area contributed by atoms with Crippen molar-refractivity contribution in [3.63, 3.8) is 0 Å². The number of pyridine rings is 1. The third-order valence-electron chi connectivity index (χ3n) is 4.23. The predicted molar refractivity (Wildman–Crippen MR) is 103 cm³/mol. The van der Waals surface area contributed by atoms with Gasteiger partial charge in [0.2, 0.25) is 5.91 Å². The number of aromatic nitrogens is 1. The fourth-order valence-corrected chi connectivity index (χ4v) is 3.07. The van der Waals surface area contributed by atoms with Gasteiger partial charge in [-0.15, -0.1) is 0 Å². The van der Waals surface area contributed by atoms with E-state index in [9.17, 15) is 9.59 Å². The lowest BCUT2D eigenvalue weighted by atomic mass is 10.1. The van der Waals surface area contributed by atoms with E-state index in [1.807, 2.05) is 6.07 Å². The second kappa shape index (κ2) is 8.67. The molecular formula is C19H21ClN4O2. The van der Waals surface area contributed by atoms with Crippen LogP contribution < -0.4 is 15.5 Å². The Labute approximate surface area is 157 Å². The van der Waals surface area contributed by atoms with Gasteiger partial charge >= 0.3 is 0 Å². The molecule has 1 aliphatic rings. The molecule has 2 N–H and O–H groups in total. The number of amides is 2. The van der Waals surface area contributed by atoms with Crippen molar-refractivity contribution in [2.75, 3.05) is 29.9 Å². The third kappa shape index (κ3) is 4.95. The number of hydrogen-bond donors (Lipinski definition) is 2. The zero-order valence-corrected chi connectivity index (χ0v) is 15.1. The molecule has 7 heteroatoms. The first-order valence-electron chi connectivity index (χ1n) is 8.66. The lowest BCUT2D eigenvalue weighted by molar-refractivity contribution is -0.115. The Morgan fingerprint density at radius 1 is 1.12 bits per heavy atom. The first kappa shape index (κ1) is 18.2. The summed E-state index contributed by atoms with van der Waals surface area (Å²) in [6, 6.07) is 10.3. The Morgan fingerprint density at radius 3 is 2.62 bits per heavy atom. The van der Waals surface area contributed by atoms with Crippen molar-refractivity contribution in [3.05, 3.63) is 53.2 Å². The highest BCUT2D eigenvalue weighted by Crippen LogP contribution is 2.19. The van der Waals surface area contributed by atoms with E-state index < -0.39 is 0 Å². The second-order valence-electron chi connectivity index (χ2n) is 6.19. The summed E-state index contributed by atoms with van der Waals surface area (Å²) in [6.07, 6.45) is 5.44. The van der Waals surface area contributed by atoms with Crippen LogP contribution in [0.1, 0.15) is 29.6 Å². The quantitative estimate of drug-likeness (QED) is 0.845. The first-order valence-corrected chi connectivity index (χ1v) is 9.04. The zero-order chi connectivity index (χ0) is 18.4. The van der Waals surface area contributed by atoms with E-state index in [0.717, 1.165) is 18.8 Å².